The van der Waals surface area contributed by atoms with Crippen LogP contribution >= 0.6 is 0 Å². The highest BCUT2D eigenvalue weighted by atomic mass is 16.5. The van der Waals surface area contributed by atoms with Gasteiger partial charge < -0.3 is 9.64 Å². The molecule has 164 valence electrons. The Bertz CT molecular complexity index is 915. The smallest absolute Gasteiger partial charge is 0.328 e. The predicted molar refractivity (Wildman–Crippen MR) is 122 cm³/mol. The molecule has 5 nitrogen and oxygen atoms in total. The molecule has 0 saturated carbocycles. The Morgan fingerprint density at radius 1 is 1.10 bits per heavy atom. The third-order valence-electron chi connectivity index (χ3n) is 5.69. The Balaban J connectivity index is 2.34. The van der Waals surface area contributed by atoms with E-state index in [-0.39, 0.29) is 17.8 Å². The van der Waals surface area contributed by atoms with Gasteiger partial charge in [0, 0.05) is 13.0 Å². The first-order valence-corrected chi connectivity index (χ1v) is 10.9. The van der Waals surface area contributed by atoms with E-state index >= 15 is 0 Å². The van der Waals surface area contributed by atoms with Gasteiger partial charge in [0.15, 0.2) is 0 Å². The summed E-state index contributed by atoms with van der Waals surface area (Å²) in [5, 5.41) is 9.36. The van der Waals surface area contributed by atoms with Crippen LogP contribution in [0.1, 0.15) is 57.6 Å². The number of esters is 1. The highest BCUT2D eigenvalue weighted by Gasteiger charge is 2.34. The molecule has 31 heavy (non-hydrogen) atoms. The van der Waals surface area contributed by atoms with Crippen LogP contribution in [-0.4, -0.2) is 29.9 Å². The summed E-state index contributed by atoms with van der Waals surface area (Å²) in [7, 11) is 1.37. The first-order chi connectivity index (χ1) is 15.0. The fraction of sp³-hybridized carbons (Fsp3) is 0.423. The van der Waals surface area contributed by atoms with Gasteiger partial charge in [-0.15, -0.1) is 0 Å². The van der Waals surface area contributed by atoms with Crippen LogP contribution in [0.2, 0.25) is 0 Å². The molecule has 2 rings (SSSR count). The van der Waals surface area contributed by atoms with Crippen molar-refractivity contribution in [3.05, 3.63) is 59.7 Å². The third kappa shape index (κ3) is 6.18. The molecule has 2 atom stereocenters. The van der Waals surface area contributed by atoms with Crippen molar-refractivity contribution in [2.24, 2.45) is 5.92 Å². The number of ether oxygens (including phenoxy) is 1. The molecule has 0 radical (unpaired) electrons. The van der Waals surface area contributed by atoms with Crippen molar-refractivity contribution in [1.82, 2.24) is 4.90 Å². The molecule has 0 spiro atoms. The molecule has 0 fully saturated rings. The molecular weight excluding hydrogens is 388 g/mol. The van der Waals surface area contributed by atoms with Gasteiger partial charge >= 0.3 is 5.97 Å². The van der Waals surface area contributed by atoms with E-state index < -0.39 is 6.04 Å². The van der Waals surface area contributed by atoms with Crippen LogP contribution < -0.4 is 0 Å². The molecular formula is C26H32N2O3. The van der Waals surface area contributed by atoms with Gasteiger partial charge in [0.25, 0.3) is 0 Å². The Morgan fingerprint density at radius 2 is 1.77 bits per heavy atom. The SMILES string of the molecule is CCCCC(=O)N(Cc1ccc(-c2ccccc2C#N)cc1)[C@H](C(=O)OC)[C@@H](C)CC. The number of nitriles is 1. The fourth-order valence-electron chi connectivity index (χ4n) is 3.64. The van der Waals surface area contributed by atoms with Crippen LogP contribution in [0.25, 0.3) is 11.1 Å². The summed E-state index contributed by atoms with van der Waals surface area (Å²) in [4.78, 5) is 27.3. The number of carbonyl (C=O) groups is 2. The number of carbonyl (C=O) groups excluding carboxylic acids is 2. The zero-order valence-electron chi connectivity index (χ0n) is 18.9. The highest BCUT2D eigenvalue weighted by Crippen LogP contribution is 2.25. The molecule has 5 heteroatoms. The van der Waals surface area contributed by atoms with Crippen LogP contribution in [0.5, 0.6) is 0 Å². The predicted octanol–water partition coefficient (Wildman–Crippen LogP) is 5.33. The van der Waals surface area contributed by atoms with Crippen molar-refractivity contribution in [1.29, 1.82) is 5.26 Å². The van der Waals surface area contributed by atoms with Crippen molar-refractivity contribution in [3.63, 3.8) is 0 Å². The summed E-state index contributed by atoms with van der Waals surface area (Å²) in [6, 6.07) is 16.9. The normalized spacial score (nSPS) is 12.5. The number of hydrogen-bond acceptors (Lipinski definition) is 4. The van der Waals surface area contributed by atoms with Crippen molar-refractivity contribution >= 4 is 11.9 Å². The minimum absolute atomic E-state index is 0.0141. The minimum Gasteiger partial charge on any atom is -0.467 e. The van der Waals surface area contributed by atoms with Crippen LogP contribution in [0.3, 0.4) is 0 Å². The summed E-state index contributed by atoms with van der Waals surface area (Å²) >= 11 is 0. The second-order valence-corrected chi connectivity index (χ2v) is 7.83. The van der Waals surface area contributed by atoms with Gasteiger partial charge in [-0.05, 0) is 35.1 Å². The molecule has 0 bridgehead atoms. The minimum atomic E-state index is -0.613. The zero-order valence-corrected chi connectivity index (χ0v) is 18.9. The lowest BCUT2D eigenvalue weighted by Gasteiger charge is -2.33. The standard InChI is InChI=1S/C26H32N2O3/c1-5-7-12-24(29)28(25(19(3)6-2)26(30)31-4)18-20-13-15-21(16-14-20)23-11-9-8-10-22(23)17-27/h8-11,13-16,19,25H,5-7,12,18H2,1-4H3/t19-,25-/m0/s1. The molecule has 0 aliphatic heterocycles. The Hall–Kier alpha value is -3.13. The van der Waals surface area contributed by atoms with Crippen molar-refractivity contribution in [3.8, 4) is 17.2 Å². The van der Waals surface area contributed by atoms with Gasteiger partial charge in [-0.1, -0.05) is 76.1 Å². The van der Waals surface area contributed by atoms with Gasteiger partial charge in [-0.25, -0.2) is 4.79 Å². The van der Waals surface area contributed by atoms with Crippen LogP contribution in [-0.2, 0) is 20.9 Å². The largest absolute Gasteiger partial charge is 0.467 e. The van der Waals surface area contributed by atoms with Crippen LogP contribution in [0.15, 0.2) is 48.5 Å². The number of rotatable bonds is 10. The molecule has 2 aromatic rings. The van der Waals surface area contributed by atoms with Gasteiger partial charge in [0.2, 0.25) is 5.91 Å². The van der Waals surface area contributed by atoms with E-state index in [4.69, 9.17) is 4.74 Å². The number of nitrogens with zero attached hydrogens (tertiary/aromatic N) is 2. The summed E-state index contributed by atoms with van der Waals surface area (Å²) in [5.74, 6) is -0.421. The number of unbranched alkanes of at least 4 members (excludes halogenated alkanes) is 1. The molecule has 0 saturated heterocycles. The Labute approximate surface area is 185 Å². The highest BCUT2D eigenvalue weighted by molar-refractivity contribution is 5.84. The lowest BCUT2D eigenvalue weighted by molar-refractivity contribution is -0.156. The fourth-order valence-corrected chi connectivity index (χ4v) is 3.64. The molecule has 1 amide bonds. The molecule has 0 heterocycles. The molecule has 2 aromatic carbocycles. The number of hydrogen-bond donors (Lipinski definition) is 0. The average molecular weight is 421 g/mol. The quantitative estimate of drug-likeness (QED) is 0.487. The second kappa shape index (κ2) is 11.9. The van der Waals surface area contributed by atoms with Gasteiger partial charge in [0.05, 0.1) is 18.7 Å². The molecule has 0 N–H and O–H groups in total. The van der Waals surface area contributed by atoms with E-state index in [0.717, 1.165) is 36.0 Å². The number of methoxy groups -OCH3 is 1. The van der Waals surface area contributed by atoms with Gasteiger partial charge in [0.1, 0.15) is 6.04 Å². The third-order valence-corrected chi connectivity index (χ3v) is 5.69. The van der Waals surface area contributed by atoms with E-state index in [0.29, 0.717) is 18.5 Å². The first-order valence-electron chi connectivity index (χ1n) is 10.9. The van der Waals surface area contributed by atoms with Crippen LogP contribution in [0, 0.1) is 17.2 Å². The lowest BCUT2D eigenvalue weighted by Crippen LogP contribution is -2.48. The van der Waals surface area contributed by atoms with E-state index in [1.165, 1.54) is 7.11 Å². The van der Waals surface area contributed by atoms with Crippen molar-refractivity contribution in [2.75, 3.05) is 7.11 Å². The van der Waals surface area contributed by atoms with E-state index in [1.54, 1.807) is 11.0 Å². The Kier molecular flexibility index (Phi) is 9.27. The maximum atomic E-state index is 13.0. The second-order valence-electron chi connectivity index (χ2n) is 7.83. The first kappa shape index (κ1) is 24.1. The molecule has 0 aliphatic carbocycles. The maximum Gasteiger partial charge on any atom is 0.328 e. The van der Waals surface area contributed by atoms with Gasteiger partial charge in [-0.3, -0.25) is 4.79 Å². The van der Waals surface area contributed by atoms with Gasteiger partial charge in [-0.2, -0.15) is 5.26 Å². The van der Waals surface area contributed by atoms with Crippen LogP contribution in [0.4, 0.5) is 0 Å². The summed E-state index contributed by atoms with van der Waals surface area (Å²) < 4.78 is 5.05. The number of amides is 1. The van der Waals surface area contributed by atoms with E-state index in [9.17, 15) is 14.9 Å². The summed E-state index contributed by atoms with van der Waals surface area (Å²) in [6.07, 6.45) is 2.88. The molecule has 0 aromatic heterocycles. The average Bonchev–Trinajstić information content (AvgIpc) is 2.81. The molecule has 0 unspecified atom stereocenters. The van der Waals surface area contributed by atoms with E-state index in [2.05, 4.69) is 6.07 Å². The monoisotopic (exact) mass is 420 g/mol. The van der Waals surface area contributed by atoms with E-state index in [1.807, 2.05) is 63.2 Å². The lowest BCUT2D eigenvalue weighted by atomic mass is 9.95. The Morgan fingerprint density at radius 3 is 2.35 bits per heavy atom. The van der Waals surface area contributed by atoms with Crippen molar-refractivity contribution < 1.29 is 14.3 Å². The number of benzene rings is 2. The maximum absolute atomic E-state index is 13.0. The molecule has 0 aliphatic rings. The summed E-state index contributed by atoms with van der Waals surface area (Å²) in [5.41, 5.74) is 3.37. The zero-order chi connectivity index (χ0) is 22.8. The summed E-state index contributed by atoms with van der Waals surface area (Å²) in [6.45, 7) is 6.37. The topological polar surface area (TPSA) is 70.4 Å². The van der Waals surface area contributed by atoms with Crippen molar-refractivity contribution in [2.45, 2.75) is 59.0 Å².